The minimum Gasteiger partial charge on any atom is -0.508 e. The zero-order chi connectivity index (χ0) is 31.0. The molecule has 0 heterocycles. The third-order valence-corrected chi connectivity index (χ3v) is 8.80. The van der Waals surface area contributed by atoms with E-state index >= 15 is 0 Å². The molecule has 0 amide bonds. The van der Waals surface area contributed by atoms with E-state index in [1.54, 1.807) is 0 Å². The average molecular weight is 559 g/mol. The molecule has 3 aromatic rings. The van der Waals surface area contributed by atoms with E-state index < -0.39 is 0 Å². The Kier molecular flexibility index (Phi) is 9.63. The molecule has 0 aliphatic carbocycles. The summed E-state index contributed by atoms with van der Waals surface area (Å²) in [5.74, 6) is 2.02. The summed E-state index contributed by atoms with van der Waals surface area (Å²) >= 11 is 0. The molecule has 1 atom stereocenters. The number of phenols is 3. The van der Waals surface area contributed by atoms with Gasteiger partial charge in [0.05, 0.1) is 0 Å². The van der Waals surface area contributed by atoms with Crippen molar-refractivity contribution >= 4 is 0 Å². The molecule has 0 aliphatic rings. The van der Waals surface area contributed by atoms with E-state index in [9.17, 15) is 15.3 Å². The topological polar surface area (TPSA) is 60.7 Å². The smallest absolute Gasteiger partial charge is 0.119 e. The Morgan fingerprint density at radius 2 is 0.976 bits per heavy atom. The number of hydrogen-bond donors (Lipinski definition) is 3. The van der Waals surface area contributed by atoms with Crippen LogP contribution in [0.4, 0.5) is 0 Å². The van der Waals surface area contributed by atoms with E-state index in [0.717, 1.165) is 52.6 Å². The normalized spacial score (nSPS) is 13.3. The van der Waals surface area contributed by atoms with Gasteiger partial charge in [0, 0.05) is 0 Å². The molecule has 0 aromatic heterocycles. The fraction of sp³-hybridized carbons (Fsp3) is 0.526. The molecule has 3 nitrogen and oxygen atoms in total. The molecule has 0 fully saturated rings. The summed E-state index contributed by atoms with van der Waals surface area (Å²) in [5.41, 5.74) is 9.89. The van der Waals surface area contributed by atoms with Crippen LogP contribution in [0.25, 0.3) is 0 Å². The monoisotopic (exact) mass is 558 g/mol. The predicted octanol–water partition coefficient (Wildman–Crippen LogP) is 10.0. The molecule has 0 saturated carbocycles. The van der Waals surface area contributed by atoms with Crippen molar-refractivity contribution < 1.29 is 15.3 Å². The van der Waals surface area contributed by atoms with Gasteiger partial charge in [-0.05, 0) is 137 Å². The highest BCUT2D eigenvalue weighted by Gasteiger charge is 2.25. The lowest BCUT2D eigenvalue weighted by atomic mass is 9.77. The molecule has 3 aromatic carbocycles. The zero-order valence-corrected chi connectivity index (χ0v) is 27.7. The summed E-state index contributed by atoms with van der Waals surface area (Å²) in [6, 6.07) is 12.4. The molecule has 0 aliphatic heterocycles. The van der Waals surface area contributed by atoms with Crippen LogP contribution < -0.4 is 0 Å². The third-order valence-electron chi connectivity index (χ3n) is 8.80. The maximum Gasteiger partial charge on any atom is 0.119 e. The summed E-state index contributed by atoms with van der Waals surface area (Å²) in [5, 5.41) is 32.1. The van der Waals surface area contributed by atoms with Crippen molar-refractivity contribution in [3.8, 4) is 17.2 Å². The minimum atomic E-state index is -0.152. The van der Waals surface area contributed by atoms with Crippen LogP contribution >= 0.6 is 0 Å². The van der Waals surface area contributed by atoms with Crippen molar-refractivity contribution in [1.82, 2.24) is 0 Å². The molecule has 3 heteroatoms. The first-order valence-electron chi connectivity index (χ1n) is 15.3. The standard InChI is InChI=1S/C38H54O3/c1-22(2)30-21-31(26(6)16-34(30)39)25(5)13-27(17-28-19-32(37(7,8)9)35(40)14-23(28)3)18-29-20-33(38(10,11)12)36(41)15-24(29)4/h14-16,19-22,25,27,39-41H,13,17-18H2,1-12H3. The molecular formula is C38H54O3. The van der Waals surface area contributed by atoms with Gasteiger partial charge in [-0.2, -0.15) is 0 Å². The first kappa shape index (κ1) is 32.6. The molecule has 224 valence electrons. The average Bonchev–Trinajstić information content (AvgIpc) is 2.80. The Morgan fingerprint density at radius 3 is 1.37 bits per heavy atom. The summed E-state index contributed by atoms with van der Waals surface area (Å²) < 4.78 is 0. The molecule has 3 rings (SSSR count). The second-order valence-electron chi connectivity index (χ2n) is 14.9. The van der Waals surface area contributed by atoms with Crippen LogP contribution in [0.3, 0.4) is 0 Å². The quantitative estimate of drug-likeness (QED) is 0.258. The van der Waals surface area contributed by atoms with E-state index in [1.165, 1.54) is 16.7 Å². The maximum absolute atomic E-state index is 10.8. The summed E-state index contributed by atoms with van der Waals surface area (Å²) in [6.45, 7) is 25.8. The number of aromatic hydroxyl groups is 3. The van der Waals surface area contributed by atoms with Crippen molar-refractivity contribution in [2.45, 2.75) is 125 Å². The second-order valence-corrected chi connectivity index (χ2v) is 14.9. The van der Waals surface area contributed by atoms with Crippen LogP contribution in [0.2, 0.25) is 0 Å². The molecule has 1 unspecified atom stereocenters. The first-order valence-corrected chi connectivity index (χ1v) is 15.3. The van der Waals surface area contributed by atoms with Gasteiger partial charge in [0.1, 0.15) is 17.2 Å². The van der Waals surface area contributed by atoms with Gasteiger partial charge in [0.2, 0.25) is 0 Å². The van der Waals surface area contributed by atoms with Crippen molar-refractivity contribution in [3.05, 3.63) is 86.5 Å². The Hall–Kier alpha value is -2.94. The van der Waals surface area contributed by atoms with Crippen molar-refractivity contribution in [2.75, 3.05) is 0 Å². The number of aryl methyl sites for hydroxylation is 3. The van der Waals surface area contributed by atoms with Gasteiger partial charge in [-0.25, -0.2) is 0 Å². The molecule has 3 N–H and O–H groups in total. The van der Waals surface area contributed by atoms with Crippen LogP contribution in [0.1, 0.15) is 131 Å². The van der Waals surface area contributed by atoms with E-state index in [0.29, 0.717) is 29.1 Å². The van der Waals surface area contributed by atoms with Crippen LogP contribution in [0.15, 0.2) is 36.4 Å². The SMILES string of the molecule is Cc1cc(O)c(C(C)(C)C)cc1CC(Cc1cc(C(C)(C)C)c(O)cc1C)CC(C)c1cc(C(C)C)c(O)cc1C. The molecular weight excluding hydrogens is 504 g/mol. The minimum absolute atomic E-state index is 0.152. The van der Waals surface area contributed by atoms with Gasteiger partial charge in [0.25, 0.3) is 0 Å². The van der Waals surface area contributed by atoms with Gasteiger partial charge in [-0.1, -0.05) is 80.5 Å². The van der Waals surface area contributed by atoms with E-state index in [-0.39, 0.29) is 16.7 Å². The Labute approximate surface area is 249 Å². The van der Waals surface area contributed by atoms with Crippen LogP contribution in [0.5, 0.6) is 17.2 Å². The molecule has 0 bridgehead atoms. The van der Waals surface area contributed by atoms with Crippen LogP contribution in [-0.4, -0.2) is 15.3 Å². The van der Waals surface area contributed by atoms with Gasteiger partial charge in [0.15, 0.2) is 0 Å². The van der Waals surface area contributed by atoms with Gasteiger partial charge in [-0.3, -0.25) is 0 Å². The van der Waals surface area contributed by atoms with E-state index in [2.05, 4.69) is 101 Å². The van der Waals surface area contributed by atoms with Gasteiger partial charge >= 0.3 is 0 Å². The zero-order valence-electron chi connectivity index (χ0n) is 27.7. The molecule has 0 spiro atoms. The third kappa shape index (κ3) is 7.67. The molecule has 0 radical (unpaired) electrons. The van der Waals surface area contributed by atoms with Crippen LogP contribution in [0, 0.1) is 26.7 Å². The fourth-order valence-electron chi connectivity index (χ4n) is 6.32. The Bertz CT molecular complexity index is 1310. The Balaban J connectivity index is 2.09. The van der Waals surface area contributed by atoms with Crippen molar-refractivity contribution in [1.29, 1.82) is 0 Å². The number of hydrogen-bond acceptors (Lipinski definition) is 3. The highest BCUT2D eigenvalue weighted by Crippen LogP contribution is 2.39. The number of benzene rings is 3. The molecule has 41 heavy (non-hydrogen) atoms. The van der Waals surface area contributed by atoms with E-state index in [1.807, 2.05) is 18.2 Å². The van der Waals surface area contributed by atoms with Gasteiger partial charge in [-0.15, -0.1) is 0 Å². The first-order chi connectivity index (χ1) is 18.8. The number of phenolic OH excluding ortho intramolecular Hbond substituents is 3. The lowest BCUT2D eigenvalue weighted by molar-refractivity contribution is 0.428. The van der Waals surface area contributed by atoms with Gasteiger partial charge < -0.3 is 15.3 Å². The highest BCUT2D eigenvalue weighted by molar-refractivity contribution is 5.47. The maximum atomic E-state index is 10.8. The summed E-state index contributed by atoms with van der Waals surface area (Å²) in [6.07, 6.45) is 2.79. The van der Waals surface area contributed by atoms with Crippen LogP contribution in [-0.2, 0) is 23.7 Å². The summed E-state index contributed by atoms with van der Waals surface area (Å²) in [4.78, 5) is 0. The highest BCUT2D eigenvalue weighted by atomic mass is 16.3. The second kappa shape index (κ2) is 12.1. The summed E-state index contributed by atoms with van der Waals surface area (Å²) in [7, 11) is 0. The Morgan fingerprint density at radius 1 is 0.561 bits per heavy atom. The van der Waals surface area contributed by atoms with Crippen molar-refractivity contribution in [2.24, 2.45) is 5.92 Å². The van der Waals surface area contributed by atoms with E-state index in [4.69, 9.17) is 0 Å². The number of rotatable bonds is 8. The lowest BCUT2D eigenvalue weighted by Gasteiger charge is -2.28. The lowest BCUT2D eigenvalue weighted by Crippen LogP contribution is -2.17. The fourth-order valence-corrected chi connectivity index (χ4v) is 6.32. The largest absolute Gasteiger partial charge is 0.508 e. The predicted molar refractivity (Wildman–Crippen MR) is 174 cm³/mol. The molecule has 0 saturated heterocycles. The van der Waals surface area contributed by atoms with Crippen molar-refractivity contribution in [3.63, 3.8) is 0 Å².